The average molecular weight is 231 g/mol. The van der Waals surface area contributed by atoms with Crippen molar-refractivity contribution in [2.45, 2.75) is 59.4 Å². The molecular weight excluding hydrogens is 202 g/mol. The first-order chi connectivity index (χ1) is 7.26. The molecule has 15 heavy (non-hydrogen) atoms. The first-order valence-electron chi connectivity index (χ1n) is 6.57. The minimum absolute atomic E-state index is 0.733. The normalized spacial score (nSPS) is 15.2. The van der Waals surface area contributed by atoms with Gasteiger partial charge in [0.25, 0.3) is 0 Å². The molecule has 0 bridgehead atoms. The molecule has 0 heterocycles. The molecule has 0 amide bonds. The van der Waals surface area contributed by atoms with Crippen molar-refractivity contribution in [2.75, 3.05) is 18.1 Å². The third-order valence-electron chi connectivity index (χ3n) is 2.94. The number of nitrogens with one attached hydrogen (secondary N) is 1. The van der Waals surface area contributed by atoms with E-state index in [4.69, 9.17) is 0 Å². The van der Waals surface area contributed by atoms with Crippen LogP contribution in [0.5, 0.6) is 0 Å². The SMILES string of the molecule is CCCNC(CC)C(C)CCCSCC. The topological polar surface area (TPSA) is 12.0 Å². The van der Waals surface area contributed by atoms with Crippen molar-refractivity contribution < 1.29 is 0 Å². The van der Waals surface area contributed by atoms with Gasteiger partial charge in [-0.15, -0.1) is 0 Å². The standard InChI is InChI=1S/C13H29NS/c1-5-10-14-13(6-2)12(4)9-8-11-15-7-3/h12-14H,5-11H2,1-4H3. The Morgan fingerprint density at radius 3 is 2.47 bits per heavy atom. The van der Waals surface area contributed by atoms with Crippen molar-refractivity contribution in [3.8, 4) is 0 Å². The first kappa shape index (κ1) is 15.3. The van der Waals surface area contributed by atoms with Gasteiger partial charge in [-0.2, -0.15) is 11.8 Å². The fourth-order valence-electron chi connectivity index (χ4n) is 1.93. The largest absolute Gasteiger partial charge is 0.314 e. The summed E-state index contributed by atoms with van der Waals surface area (Å²) in [5.41, 5.74) is 0. The fraction of sp³-hybridized carbons (Fsp3) is 1.00. The van der Waals surface area contributed by atoms with Gasteiger partial charge in [-0.3, -0.25) is 0 Å². The van der Waals surface area contributed by atoms with Gasteiger partial charge in [-0.1, -0.05) is 27.7 Å². The van der Waals surface area contributed by atoms with Gasteiger partial charge < -0.3 is 5.32 Å². The minimum atomic E-state index is 0.733. The average Bonchev–Trinajstić information content (AvgIpc) is 2.25. The summed E-state index contributed by atoms with van der Waals surface area (Å²) in [6.45, 7) is 10.3. The maximum atomic E-state index is 3.65. The third-order valence-corrected chi connectivity index (χ3v) is 3.92. The summed E-state index contributed by atoms with van der Waals surface area (Å²) in [5.74, 6) is 3.43. The maximum Gasteiger partial charge on any atom is 0.00900 e. The Morgan fingerprint density at radius 2 is 1.93 bits per heavy atom. The molecule has 0 spiro atoms. The van der Waals surface area contributed by atoms with Crippen LogP contribution in [0.15, 0.2) is 0 Å². The van der Waals surface area contributed by atoms with E-state index in [0.29, 0.717) is 0 Å². The lowest BCUT2D eigenvalue weighted by Crippen LogP contribution is -2.34. The molecule has 2 atom stereocenters. The van der Waals surface area contributed by atoms with Crippen LogP contribution in [0.1, 0.15) is 53.4 Å². The highest BCUT2D eigenvalue weighted by Crippen LogP contribution is 2.15. The predicted octanol–water partition coefficient (Wildman–Crippen LogP) is 3.93. The summed E-state index contributed by atoms with van der Waals surface area (Å²) in [5, 5.41) is 3.65. The molecule has 2 heteroatoms. The molecule has 0 aromatic heterocycles. The molecule has 0 aromatic rings. The van der Waals surface area contributed by atoms with Crippen LogP contribution >= 0.6 is 11.8 Å². The Kier molecular flexibility index (Phi) is 11.0. The Labute approximate surface area is 101 Å². The highest BCUT2D eigenvalue weighted by atomic mass is 32.2. The molecule has 0 saturated carbocycles. The Morgan fingerprint density at radius 1 is 1.20 bits per heavy atom. The first-order valence-corrected chi connectivity index (χ1v) is 7.72. The molecule has 0 aromatic carbocycles. The quantitative estimate of drug-likeness (QED) is 0.572. The zero-order chi connectivity index (χ0) is 11.5. The highest BCUT2D eigenvalue weighted by molar-refractivity contribution is 7.99. The lowest BCUT2D eigenvalue weighted by atomic mass is 9.95. The van der Waals surface area contributed by atoms with Gasteiger partial charge in [0.15, 0.2) is 0 Å². The van der Waals surface area contributed by atoms with Crippen LogP contribution in [0.3, 0.4) is 0 Å². The molecule has 0 radical (unpaired) electrons. The minimum Gasteiger partial charge on any atom is -0.314 e. The maximum absolute atomic E-state index is 3.65. The lowest BCUT2D eigenvalue weighted by Gasteiger charge is -2.23. The smallest absolute Gasteiger partial charge is 0.00900 e. The monoisotopic (exact) mass is 231 g/mol. The summed E-state index contributed by atoms with van der Waals surface area (Å²) in [6, 6.07) is 0.733. The van der Waals surface area contributed by atoms with Crippen LogP contribution in [-0.4, -0.2) is 24.1 Å². The molecule has 0 aliphatic carbocycles. The summed E-state index contributed by atoms with van der Waals surface area (Å²) < 4.78 is 0. The van der Waals surface area contributed by atoms with Crippen molar-refractivity contribution in [1.82, 2.24) is 5.32 Å². The summed E-state index contributed by atoms with van der Waals surface area (Å²) >= 11 is 2.07. The molecule has 0 saturated heterocycles. The van der Waals surface area contributed by atoms with Gasteiger partial charge in [-0.25, -0.2) is 0 Å². The van der Waals surface area contributed by atoms with E-state index in [1.807, 2.05) is 0 Å². The molecule has 0 fully saturated rings. The van der Waals surface area contributed by atoms with E-state index in [2.05, 4.69) is 44.8 Å². The van der Waals surface area contributed by atoms with Gasteiger partial charge >= 0.3 is 0 Å². The molecular formula is C13H29NS. The third kappa shape index (κ3) is 8.15. The molecule has 1 N–H and O–H groups in total. The zero-order valence-corrected chi connectivity index (χ0v) is 11.8. The second-order valence-electron chi connectivity index (χ2n) is 4.29. The summed E-state index contributed by atoms with van der Waals surface area (Å²) in [4.78, 5) is 0. The second-order valence-corrected chi connectivity index (χ2v) is 5.68. The van der Waals surface area contributed by atoms with Crippen LogP contribution in [0, 0.1) is 5.92 Å². The van der Waals surface area contributed by atoms with Gasteiger partial charge in [-0.05, 0) is 49.7 Å². The van der Waals surface area contributed by atoms with Gasteiger partial charge in [0.05, 0.1) is 0 Å². The van der Waals surface area contributed by atoms with Crippen molar-refractivity contribution in [3.05, 3.63) is 0 Å². The van der Waals surface area contributed by atoms with E-state index in [1.54, 1.807) is 0 Å². The van der Waals surface area contributed by atoms with Crippen molar-refractivity contribution in [2.24, 2.45) is 5.92 Å². The number of hydrogen-bond acceptors (Lipinski definition) is 2. The van der Waals surface area contributed by atoms with E-state index < -0.39 is 0 Å². The van der Waals surface area contributed by atoms with Gasteiger partial charge in [0.1, 0.15) is 0 Å². The van der Waals surface area contributed by atoms with Gasteiger partial charge in [0.2, 0.25) is 0 Å². The van der Waals surface area contributed by atoms with E-state index in [0.717, 1.165) is 12.0 Å². The number of hydrogen-bond donors (Lipinski definition) is 1. The van der Waals surface area contributed by atoms with E-state index >= 15 is 0 Å². The van der Waals surface area contributed by atoms with Crippen LogP contribution in [0.25, 0.3) is 0 Å². The molecule has 0 rings (SSSR count). The molecule has 92 valence electrons. The zero-order valence-electron chi connectivity index (χ0n) is 11.0. The Bertz CT molecular complexity index is 128. The van der Waals surface area contributed by atoms with Gasteiger partial charge in [0, 0.05) is 6.04 Å². The van der Waals surface area contributed by atoms with Crippen molar-refractivity contribution >= 4 is 11.8 Å². The van der Waals surface area contributed by atoms with E-state index in [9.17, 15) is 0 Å². The van der Waals surface area contributed by atoms with E-state index in [-0.39, 0.29) is 0 Å². The summed E-state index contributed by atoms with van der Waals surface area (Å²) in [6.07, 6.45) is 5.27. The number of thioether (sulfide) groups is 1. The Balaban J connectivity index is 3.58. The molecule has 0 aliphatic heterocycles. The van der Waals surface area contributed by atoms with Crippen molar-refractivity contribution in [3.63, 3.8) is 0 Å². The van der Waals surface area contributed by atoms with Crippen LogP contribution in [0.4, 0.5) is 0 Å². The van der Waals surface area contributed by atoms with E-state index in [1.165, 1.54) is 43.7 Å². The van der Waals surface area contributed by atoms with Crippen LogP contribution in [-0.2, 0) is 0 Å². The molecule has 1 nitrogen and oxygen atoms in total. The predicted molar refractivity (Wildman–Crippen MR) is 73.8 cm³/mol. The molecule has 2 unspecified atom stereocenters. The summed E-state index contributed by atoms with van der Waals surface area (Å²) in [7, 11) is 0. The highest BCUT2D eigenvalue weighted by Gasteiger charge is 2.13. The number of rotatable bonds is 10. The Hall–Kier alpha value is 0.310. The lowest BCUT2D eigenvalue weighted by molar-refractivity contribution is 0.347. The van der Waals surface area contributed by atoms with Crippen LogP contribution in [0.2, 0.25) is 0 Å². The van der Waals surface area contributed by atoms with Crippen LogP contribution < -0.4 is 5.32 Å². The second kappa shape index (κ2) is 10.8. The fourth-order valence-corrected chi connectivity index (χ4v) is 2.59. The van der Waals surface area contributed by atoms with Crippen molar-refractivity contribution in [1.29, 1.82) is 0 Å². The molecule has 0 aliphatic rings.